The number of nitrogens with zero attached hydrogens (tertiary/aromatic N) is 2. The molecule has 2 rings (SSSR count). The number of nitrogens with one attached hydrogen (secondary N) is 1. The first-order valence-corrected chi connectivity index (χ1v) is 10.8. The molecule has 0 unspecified atom stereocenters. The first-order valence-electron chi connectivity index (χ1n) is 10.8. The lowest BCUT2D eigenvalue weighted by molar-refractivity contribution is -0.139. The van der Waals surface area contributed by atoms with E-state index in [1.807, 2.05) is 18.4 Å². The summed E-state index contributed by atoms with van der Waals surface area (Å²) in [6.45, 7) is 4.76. The minimum atomic E-state index is -1.16. The Morgan fingerprint density at radius 2 is 1.85 bits per heavy atom. The molecule has 2 aromatic rings. The fourth-order valence-electron chi connectivity index (χ4n) is 3.61. The van der Waals surface area contributed by atoms with Crippen molar-refractivity contribution in [2.24, 2.45) is 0 Å². The molecule has 182 valence electrons. The highest BCUT2D eigenvalue weighted by atomic mass is 19.1. The zero-order valence-electron chi connectivity index (χ0n) is 19.1. The van der Waals surface area contributed by atoms with Gasteiger partial charge in [-0.1, -0.05) is 13.8 Å². The van der Waals surface area contributed by atoms with Crippen LogP contribution < -0.4 is 5.32 Å². The smallest absolute Gasteiger partial charge is 0.305 e. The average Bonchev–Trinajstić information content (AvgIpc) is 3.12. The molecular weight excluding hydrogens is 433 g/mol. The molecule has 4 N–H and O–H groups in total. The predicted molar refractivity (Wildman–Crippen MR) is 119 cm³/mol. The molecule has 10 heteroatoms. The summed E-state index contributed by atoms with van der Waals surface area (Å²) in [4.78, 5) is 28.2. The van der Waals surface area contributed by atoms with Crippen LogP contribution in [0.25, 0.3) is 11.4 Å². The molecule has 33 heavy (non-hydrogen) atoms. The first-order chi connectivity index (χ1) is 15.6. The minimum Gasteiger partial charge on any atom is -0.481 e. The van der Waals surface area contributed by atoms with Gasteiger partial charge in [-0.2, -0.15) is 0 Å². The van der Waals surface area contributed by atoms with Gasteiger partial charge in [-0.25, -0.2) is 9.37 Å². The molecule has 0 fully saturated rings. The van der Waals surface area contributed by atoms with Crippen molar-refractivity contribution >= 4 is 11.9 Å². The maximum atomic E-state index is 13.5. The average molecular weight is 466 g/mol. The lowest BCUT2D eigenvalue weighted by Crippen LogP contribution is -2.28. The molecule has 0 spiro atoms. The Bertz CT molecular complexity index is 929. The van der Waals surface area contributed by atoms with Crippen molar-refractivity contribution in [2.75, 3.05) is 20.3 Å². The van der Waals surface area contributed by atoms with Crippen molar-refractivity contribution in [1.82, 2.24) is 14.9 Å². The topological polar surface area (TPSA) is 134 Å². The van der Waals surface area contributed by atoms with Gasteiger partial charge in [0.05, 0.1) is 30.9 Å². The van der Waals surface area contributed by atoms with Gasteiger partial charge in [-0.05, 0) is 43.0 Å². The van der Waals surface area contributed by atoms with E-state index in [0.29, 0.717) is 30.2 Å². The van der Waals surface area contributed by atoms with Gasteiger partial charge < -0.3 is 29.9 Å². The van der Waals surface area contributed by atoms with E-state index in [9.17, 15) is 24.2 Å². The van der Waals surface area contributed by atoms with E-state index in [1.54, 1.807) is 12.1 Å². The number of aliphatic carboxylic acids is 1. The Morgan fingerprint density at radius 3 is 2.42 bits per heavy atom. The number of halogens is 1. The van der Waals surface area contributed by atoms with Crippen molar-refractivity contribution < 1.29 is 34.0 Å². The van der Waals surface area contributed by atoms with Crippen LogP contribution >= 0.6 is 0 Å². The number of aromatic nitrogens is 2. The van der Waals surface area contributed by atoms with Crippen molar-refractivity contribution in [3.05, 3.63) is 41.5 Å². The first kappa shape index (κ1) is 26.4. The summed E-state index contributed by atoms with van der Waals surface area (Å²) in [5.74, 6) is -1.55. The van der Waals surface area contributed by atoms with Gasteiger partial charge in [-0.15, -0.1) is 0 Å². The van der Waals surface area contributed by atoms with Crippen LogP contribution in [0.3, 0.4) is 0 Å². The molecule has 1 aromatic heterocycles. The van der Waals surface area contributed by atoms with Crippen LogP contribution in [0.15, 0.2) is 24.3 Å². The van der Waals surface area contributed by atoms with Crippen LogP contribution in [-0.4, -0.2) is 69.2 Å². The van der Waals surface area contributed by atoms with Gasteiger partial charge in [0.2, 0.25) is 0 Å². The van der Waals surface area contributed by atoms with Crippen LogP contribution in [0, 0.1) is 5.82 Å². The van der Waals surface area contributed by atoms with Gasteiger partial charge in [0.25, 0.3) is 5.91 Å². The third-order valence-corrected chi connectivity index (χ3v) is 5.10. The van der Waals surface area contributed by atoms with E-state index < -0.39 is 30.4 Å². The van der Waals surface area contributed by atoms with Gasteiger partial charge in [0.15, 0.2) is 0 Å². The van der Waals surface area contributed by atoms with Gasteiger partial charge in [-0.3, -0.25) is 9.59 Å². The summed E-state index contributed by atoms with van der Waals surface area (Å²) in [6, 6.07) is 5.74. The normalized spacial score (nSPS) is 13.2. The summed E-state index contributed by atoms with van der Waals surface area (Å²) >= 11 is 0. The number of aliphatic hydroxyl groups is 2. The number of imidazole rings is 1. The zero-order valence-corrected chi connectivity index (χ0v) is 19.1. The number of hydrogen-bond acceptors (Lipinski definition) is 6. The molecule has 0 bridgehead atoms. The molecule has 0 aliphatic carbocycles. The number of ether oxygens (including phenoxy) is 1. The number of carbonyl (C=O) groups is 2. The molecule has 0 saturated heterocycles. The summed E-state index contributed by atoms with van der Waals surface area (Å²) in [5, 5.41) is 31.7. The van der Waals surface area contributed by atoms with E-state index >= 15 is 0 Å². The maximum Gasteiger partial charge on any atom is 0.305 e. The molecule has 0 saturated carbocycles. The predicted octanol–water partition coefficient (Wildman–Crippen LogP) is 2.17. The molecule has 0 aliphatic rings. The van der Waals surface area contributed by atoms with Crippen LogP contribution in [0.4, 0.5) is 4.39 Å². The Labute approximate surface area is 192 Å². The molecule has 1 heterocycles. The van der Waals surface area contributed by atoms with Crippen molar-refractivity contribution in [1.29, 1.82) is 0 Å². The van der Waals surface area contributed by atoms with Gasteiger partial charge in [0.1, 0.15) is 17.3 Å². The number of benzene rings is 1. The molecular formula is C23H32FN3O6. The summed E-state index contributed by atoms with van der Waals surface area (Å²) in [5.41, 5.74) is 1.50. The number of hydrogen-bond donors (Lipinski definition) is 4. The van der Waals surface area contributed by atoms with Crippen LogP contribution in [0.2, 0.25) is 0 Å². The highest BCUT2D eigenvalue weighted by molar-refractivity contribution is 5.94. The van der Waals surface area contributed by atoms with Crippen LogP contribution in [0.5, 0.6) is 0 Å². The molecule has 1 aromatic carbocycles. The number of methoxy groups -OCH3 is 1. The third-order valence-electron chi connectivity index (χ3n) is 5.10. The van der Waals surface area contributed by atoms with Crippen LogP contribution in [0.1, 0.15) is 55.2 Å². The number of carbonyl (C=O) groups excluding carboxylic acids is 1. The Kier molecular flexibility index (Phi) is 9.95. The zero-order chi connectivity index (χ0) is 24.5. The van der Waals surface area contributed by atoms with E-state index in [0.717, 1.165) is 0 Å². The summed E-state index contributed by atoms with van der Waals surface area (Å²) in [6.07, 6.45) is -2.46. The monoisotopic (exact) mass is 465 g/mol. The summed E-state index contributed by atoms with van der Waals surface area (Å²) in [7, 11) is 1.53. The maximum absolute atomic E-state index is 13.5. The third kappa shape index (κ3) is 7.62. The number of carboxylic acid groups (broad SMARTS) is 1. The van der Waals surface area contributed by atoms with Gasteiger partial charge in [0, 0.05) is 25.8 Å². The number of aliphatic hydroxyl groups excluding tert-OH is 2. The SMILES string of the molecule is COCCNC(=O)c1nc(-c2ccc(F)cc2)n(CC[C@@H](O)C[C@@H](O)CC(=O)O)c1C(C)C. The summed E-state index contributed by atoms with van der Waals surface area (Å²) < 4.78 is 20.3. The highest BCUT2D eigenvalue weighted by Gasteiger charge is 2.26. The number of amides is 1. The quantitative estimate of drug-likeness (QED) is 0.333. The fourth-order valence-corrected chi connectivity index (χ4v) is 3.61. The standard InChI is InChI=1S/C23H32FN3O6/c1-14(2)21-20(23(32)25-9-11-33-3)26-22(15-4-6-16(24)7-5-15)27(21)10-8-17(28)12-18(29)13-19(30)31/h4-7,14,17-18,28-29H,8-13H2,1-3H3,(H,25,32)(H,30,31)/t17-,18-/m1/s1. The second-order valence-electron chi connectivity index (χ2n) is 8.16. The number of rotatable bonds is 13. The molecule has 2 atom stereocenters. The second-order valence-corrected chi connectivity index (χ2v) is 8.16. The van der Waals surface area contributed by atoms with E-state index in [4.69, 9.17) is 9.84 Å². The fraction of sp³-hybridized carbons (Fsp3) is 0.522. The molecule has 0 aliphatic heterocycles. The Hall–Kier alpha value is -2.82. The molecule has 9 nitrogen and oxygen atoms in total. The van der Waals surface area contributed by atoms with E-state index in [2.05, 4.69) is 10.3 Å². The highest BCUT2D eigenvalue weighted by Crippen LogP contribution is 2.29. The van der Waals surface area contributed by atoms with Crippen molar-refractivity contribution in [3.8, 4) is 11.4 Å². The second kappa shape index (κ2) is 12.4. The van der Waals surface area contributed by atoms with Crippen molar-refractivity contribution in [3.63, 3.8) is 0 Å². The van der Waals surface area contributed by atoms with Crippen molar-refractivity contribution in [2.45, 2.75) is 57.8 Å². The molecule has 1 amide bonds. The van der Waals surface area contributed by atoms with Gasteiger partial charge >= 0.3 is 5.97 Å². The molecule has 0 radical (unpaired) electrons. The number of carboxylic acids is 1. The minimum absolute atomic E-state index is 0.0890. The largest absolute Gasteiger partial charge is 0.481 e. The lowest BCUT2D eigenvalue weighted by atomic mass is 10.0. The Morgan fingerprint density at radius 1 is 1.18 bits per heavy atom. The van der Waals surface area contributed by atoms with Crippen LogP contribution in [-0.2, 0) is 16.1 Å². The lowest BCUT2D eigenvalue weighted by Gasteiger charge is -2.18. The van der Waals surface area contributed by atoms with E-state index in [1.165, 1.54) is 19.2 Å². The van der Waals surface area contributed by atoms with E-state index in [-0.39, 0.29) is 36.9 Å². The Balaban J connectivity index is 2.37.